The highest BCUT2D eigenvalue weighted by Gasteiger charge is 2.21. The third-order valence-corrected chi connectivity index (χ3v) is 2.86. The minimum absolute atomic E-state index is 0.0220. The molecule has 2 rings (SSSR count). The summed E-state index contributed by atoms with van der Waals surface area (Å²) in [6.07, 6.45) is -1.58. The van der Waals surface area contributed by atoms with Crippen molar-refractivity contribution in [1.82, 2.24) is 0 Å². The van der Waals surface area contributed by atoms with Gasteiger partial charge < -0.3 is 5.11 Å². The molecule has 18 heavy (non-hydrogen) atoms. The van der Waals surface area contributed by atoms with E-state index in [0.29, 0.717) is 6.07 Å². The van der Waals surface area contributed by atoms with Gasteiger partial charge in [0, 0.05) is 22.2 Å². The van der Waals surface area contributed by atoms with Gasteiger partial charge in [-0.2, -0.15) is 0 Å². The first-order chi connectivity index (χ1) is 8.50. The van der Waals surface area contributed by atoms with E-state index in [1.807, 2.05) is 0 Å². The third-order valence-electron chi connectivity index (χ3n) is 2.53. The Kier molecular flexibility index (Phi) is 3.59. The summed E-state index contributed by atoms with van der Waals surface area (Å²) < 4.78 is 39.8. The number of aliphatic hydroxyl groups excluding tert-OH is 1. The van der Waals surface area contributed by atoms with Gasteiger partial charge in [-0.15, -0.1) is 0 Å². The molecule has 0 saturated heterocycles. The van der Waals surface area contributed by atoms with Gasteiger partial charge in [0.05, 0.1) is 0 Å². The molecule has 0 fully saturated rings. The Morgan fingerprint density at radius 3 is 2.33 bits per heavy atom. The van der Waals surface area contributed by atoms with Gasteiger partial charge in [0.2, 0.25) is 0 Å². The Labute approximate surface area is 106 Å². The van der Waals surface area contributed by atoms with Crippen LogP contribution in [0.4, 0.5) is 13.2 Å². The van der Waals surface area contributed by atoms with Crippen molar-refractivity contribution < 1.29 is 18.3 Å². The maximum Gasteiger partial charge on any atom is 0.132 e. The van der Waals surface area contributed by atoms with Crippen LogP contribution in [0.3, 0.4) is 0 Å². The summed E-state index contributed by atoms with van der Waals surface area (Å²) in [6.45, 7) is 0. The van der Waals surface area contributed by atoms with Gasteiger partial charge in [-0.3, -0.25) is 0 Å². The molecule has 0 aliphatic rings. The van der Waals surface area contributed by atoms with Crippen molar-refractivity contribution in [3.8, 4) is 0 Å². The van der Waals surface area contributed by atoms with Crippen LogP contribution < -0.4 is 0 Å². The minimum Gasteiger partial charge on any atom is -0.383 e. The van der Waals surface area contributed by atoms with Crippen molar-refractivity contribution in [2.75, 3.05) is 0 Å². The lowest BCUT2D eigenvalue weighted by atomic mass is 10.0. The van der Waals surface area contributed by atoms with E-state index in [-0.39, 0.29) is 16.1 Å². The molecule has 1 atom stereocenters. The molecular formula is C13H8ClF3O. The predicted molar refractivity (Wildman–Crippen MR) is 61.8 cm³/mol. The van der Waals surface area contributed by atoms with Crippen molar-refractivity contribution in [3.63, 3.8) is 0 Å². The zero-order chi connectivity index (χ0) is 13.3. The Morgan fingerprint density at radius 2 is 1.72 bits per heavy atom. The van der Waals surface area contributed by atoms with Gasteiger partial charge in [-0.1, -0.05) is 23.7 Å². The van der Waals surface area contributed by atoms with Crippen LogP contribution in [0.1, 0.15) is 17.2 Å². The van der Waals surface area contributed by atoms with Crippen molar-refractivity contribution in [1.29, 1.82) is 0 Å². The Morgan fingerprint density at radius 1 is 1.00 bits per heavy atom. The lowest BCUT2D eigenvalue weighted by Crippen LogP contribution is -2.06. The second-order valence-electron chi connectivity index (χ2n) is 3.70. The minimum atomic E-state index is -1.58. The van der Waals surface area contributed by atoms with Gasteiger partial charge in [-0.05, 0) is 18.2 Å². The highest BCUT2D eigenvalue weighted by Crippen LogP contribution is 2.31. The average molecular weight is 273 g/mol. The largest absolute Gasteiger partial charge is 0.383 e. The van der Waals surface area contributed by atoms with E-state index in [1.165, 1.54) is 12.1 Å². The van der Waals surface area contributed by atoms with Gasteiger partial charge in [0.25, 0.3) is 0 Å². The molecular weight excluding hydrogens is 265 g/mol. The van der Waals surface area contributed by atoms with E-state index < -0.39 is 23.6 Å². The molecule has 0 heterocycles. The molecule has 0 spiro atoms. The molecule has 0 radical (unpaired) electrons. The highest BCUT2D eigenvalue weighted by atomic mass is 35.5. The van der Waals surface area contributed by atoms with Gasteiger partial charge >= 0.3 is 0 Å². The molecule has 0 aliphatic heterocycles. The summed E-state index contributed by atoms with van der Waals surface area (Å²) >= 11 is 5.76. The van der Waals surface area contributed by atoms with Crippen molar-refractivity contribution in [3.05, 3.63) is 70.0 Å². The first kappa shape index (κ1) is 12.9. The zero-order valence-electron chi connectivity index (χ0n) is 9.00. The van der Waals surface area contributed by atoms with Crippen LogP contribution in [0.15, 0.2) is 36.4 Å². The first-order valence-electron chi connectivity index (χ1n) is 5.07. The fourth-order valence-corrected chi connectivity index (χ4v) is 1.92. The van der Waals surface area contributed by atoms with Crippen LogP contribution in [-0.2, 0) is 0 Å². The second kappa shape index (κ2) is 5.00. The van der Waals surface area contributed by atoms with Gasteiger partial charge in [-0.25, -0.2) is 13.2 Å². The Hall–Kier alpha value is -1.52. The number of aliphatic hydroxyl groups is 1. The topological polar surface area (TPSA) is 20.2 Å². The summed E-state index contributed by atoms with van der Waals surface area (Å²) in [7, 11) is 0. The summed E-state index contributed by atoms with van der Waals surface area (Å²) in [6, 6.07) is 6.51. The van der Waals surface area contributed by atoms with Crippen LogP contribution in [0.2, 0.25) is 5.02 Å². The molecule has 94 valence electrons. The van der Waals surface area contributed by atoms with Crippen LogP contribution in [0.25, 0.3) is 0 Å². The number of benzene rings is 2. The molecule has 0 bridgehead atoms. The van der Waals surface area contributed by atoms with Crippen LogP contribution in [-0.4, -0.2) is 5.11 Å². The SMILES string of the molecule is OC(c1ccc(F)cc1F)c1c(F)cccc1Cl. The van der Waals surface area contributed by atoms with Crippen LogP contribution in [0, 0.1) is 17.5 Å². The summed E-state index contributed by atoms with van der Waals surface area (Å²) in [5.41, 5.74) is -0.465. The third kappa shape index (κ3) is 2.35. The predicted octanol–water partition coefficient (Wildman–Crippen LogP) is 3.84. The summed E-state index contributed by atoms with van der Waals surface area (Å²) in [5.74, 6) is -2.48. The lowest BCUT2D eigenvalue weighted by molar-refractivity contribution is 0.209. The lowest BCUT2D eigenvalue weighted by Gasteiger charge is -2.14. The van der Waals surface area contributed by atoms with Gasteiger partial charge in [0.15, 0.2) is 0 Å². The Balaban J connectivity index is 2.51. The summed E-state index contributed by atoms with van der Waals surface area (Å²) in [4.78, 5) is 0. The highest BCUT2D eigenvalue weighted by molar-refractivity contribution is 6.31. The average Bonchev–Trinajstić information content (AvgIpc) is 2.28. The van der Waals surface area contributed by atoms with E-state index in [2.05, 4.69) is 0 Å². The number of halogens is 4. The zero-order valence-corrected chi connectivity index (χ0v) is 9.76. The Bertz CT molecular complexity index is 566. The smallest absolute Gasteiger partial charge is 0.132 e. The van der Waals surface area contributed by atoms with E-state index in [0.717, 1.165) is 18.2 Å². The maximum atomic E-state index is 13.6. The van der Waals surface area contributed by atoms with Gasteiger partial charge in [0.1, 0.15) is 23.6 Å². The fourth-order valence-electron chi connectivity index (χ4n) is 1.65. The first-order valence-corrected chi connectivity index (χ1v) is 5.45. The van der Waals surface area contributed by atoms with E-state index in [1.54, 1.807) is 0 Å². The van der Waals surface area contributed by atoms with E-state index in [9.17, 15) is 18.3 Å². The molecule has 2 aromatic carbocycles. The molecule has 0 aliphatic carbocycles. The number of rotatable bonds is 2. The van der Waals surface area contributed by atoms with Crippen LogP contribution >= 0.6 is 11.6 Å². The molecule has 0 aromatic heterocycles. The monoisotopic (exact) mass is 272 g/mol. The molecule has 1 N–H and O–H groups in total. The standard InChI is InChI=1S/C13H8ClF3O/c14-9-2-1-3-10(16)12(9)13(18)8-5-4-7(15)6-11(8)17/h1-6,13,18H. The summed E-state index contributed by atoms with van der Waals surface area (Å²) in [5, 5.41) is 9.92. The van der Waals surface area contributed by atoms with E-state index in [4.69, 9.17) is 11.6 Å². The van der Waals surface area contributed by atoms with E-state index >= 15 is 0 Å². The van der Waals surface area contributed by atoms with Crippen molar-refractivity contribution in [2.45, 2.75) is 6.10 Å². The van der Waals surface area contributed by atoms with Crippen molar-refractivity contribution >= 4 is 11.6 Å². The molecule has 0 amide bonds. The number of hydrogen-bond donors (Lipinski definition) is 1. The normalized spacial score (nSPS) is 12.5. The maximum absolute atomic E-state index is 13.6. The molecule has 1 nitrogen and oxygen atoms in total. The number of hydrogen-bond acceptors (Lipinski definition) is 1. The van der Waals surface area contributed by atoms with Crippen molar-refractivity contribution in [2.24, 2.45) is 0 Å². The molecule has 0 saturated carbocycles. The quantitative estimate of drug-likeness (QED) is 0.881. The second-order valence-corrected chi connectivity index (χ2v) is 4.11. The molecule has 5 heteroatoms. The fraction of sp³-hybridized carbons (Fsp3) is 0.0769. The van der Waals surface area contributed by atoms with Crippen LogP contribution in [0.5, 0.6) is 0 Å². The molecule has 2 aromatic rings. The molecule has 1 unspecified atom stereocenters.